The van der Waals surface area contributed by atoms with Gasteiger partial charge in [-0.05, 0) is 120 Å². The van der Waals surface area contributed by atoms with Crippen molar-refractivity contribution in [1.82, 2.24) is 42.5 Å². The van der Waals surface area contributed by atoms with Crippen molar-refractivity contribution in [3.05, 3.63) is 47.0 Å². The van der Waals surface area contributed by atoms with Crippen LogP contribution in [0.3, 0.4) is 0 Å². The molecule has 552 valence electrons. The Hall–Kier alpha value is -7.13. The second kappa shape index (κ2) is 50.2. The van der Waals surface area contributed by atoms with Crippen molar-refractivity contribution in [3.63, 3.8) is 0 Å². The monoisotopic (exact) mass is 1430 g/mol. The Labute approximate surface area is 599 Å². The summed E-state index contributed by atoms with van der Waals surface area (Å²) in [5.74, 6) is 9.30. The number of carbonyl (C=O) groups excluding carboxylic acids is 7. The van der Waals surface area contributed by atoms with Crippen LogP contribution < -0.4 is 62.1 Å². The van der Waals surface area contributed by atoms with Crippen LogP contribution in [0.2, 0.25) is 0 Å². The minimum Gasteiger partial charge on any atom is -0.490 e. The summed E-state index contributed by atoms with van der Waals surface area (Å²) in [4.78, 5) is 89.9. The molecular weight excluding hydrogens is 1320 g/mol. The summed E-state index contributed by atoms with van der Waals surface area (Å²) in [6.07, 6.45) is 31.2. The molecular formula is C73H107N9O16S2. The molecule has 4 aliphatic heterocycles. The zero-order valence-electron chi connectivity index (χ0n) is 58.1. The summed E-state index contributed by atoms with van der Waals surface area (Å²) in [6.45, 7) is 7.16. The summed E-state index contributed by atoms with van der Waals surface area (Å²) in [6, 6.07) is 8.25. The van der Waals surface area contributed by atoms with Gasteiger partial charge < -0.3 is 90.5 Å². The number of thioether (sulfide) groups is 2. The molecule has 6 rings (SSSR count). The predicted octanol–water partition coefficient (Wildman–Crippen LogP) is 7.29. The Morgan fingerprint density at radius 1 is 0.410 bits per heavy atom. The molecule has 0 saturated carbocycles. The molecule has 9 amide bonds. The molecule has 4 saturated heterocycles. The first-order valence-electron chi connectivity index (χ1n) is 35.7. The highest BCUT2D eigenvalue weighted by atomic mass is 32.2. The van der Waals surface area contributed by atoms with E-state index in [1.807, 2.05) is 23.5 Å². The van der Waals surface area contributed by atoms with Crippen molar-refractivity contribution in [2.45, 2.75) is 170 Å². The van der Waals surface area contributed by atoms with Gasteiger partial charge in [0, 0.05) is 129 Å². The van der Waals surface area contributed by atoms with Crippen LogP contribution in [-0.4, -0.2) is 213 Å². The normalized spacial score (nSPS) is 17.8. The first-order valence-corrected chi connectivity index (χ1v) is 37.8. The summed E-state index contributed by atoms with van der Waals surface area (Å²) < 4.78 is 52.9. The highest BCUT2D eigenvalue weighted by Gasteiger charge is 2.43. The van der Waals surface area contributed by atoms with Gasteiger partial charge in [-0.3, -0.25) is 24.0 Å². The van der Waals surface area contributed by atoms with Gasteiger partial charge in [0.05, 0.1) is 96.8 Å². The Kier molecular flexibility index (Phi) is 41.1. The number of unbranched alkanes of at least 4 members (excludes halogenated alkanes) is 8. The fourth-order valence-corrected chi connectivity index (χ4v) is 14.4. The molecule has 0 aliphatic carbocycles. The van der Waals surface area contributed by atoms with E-state index < -0.39 is 17.7 Å². The van der Waals surface area contributed by atoms with Crippen molar-refractivity contribution in [2.24, 2.45) is 0 Å². The smallest absolute Gasteiger partial charge is 0.315 e. The highest BCUT2D eigenvalue weighted by Crippen LogP contribution is 2.40. The topological polar surface area (TPSA) is 311 Å². The van der Waals surface area contributed by atoms with E-state index in [9.17, 15) is 33.6 Å². The molecule has 9 N–H and O–H groups in total. The number of benzene rings is 2. The van der Waals surface area contributed by atoms with Gasteiger partial charge in [0.1, 0.15) is 0 Å². The Morgan fingerprint density at radius 3 is 1.18 bits per heavy atom. The fraction of sp³-hybridized carbons (Fsp3) is 0.658. The van der Waals surface area contributed by atoms with Crippen molar-refractivity contribution < 1.29 is 76.2 Å². The predicted molar refractivity (Wildman–Crippen MR) is 387 cm³/mol. The zero-order chi connectivity index (χ0) is 71.0. The van der Waals surface area contributed by atoms with E-state index in [-0.39, 0.29) is 83.5 Å². The third kappa shape index (κ3) is 32.7. The molecule has 4 aliphatic rings. The lowest BCUT2D eigenvalue weighted by molar-refractivity contribution is -0.122. The van der Waals surface area contributed by atoms with Crippen LogP contribution in [0, 0.1) is 37.0 Å². The van der Waals surface area contributed by atoms with E-state index in [4.69, 9.17) is 61.9 Å². The van der Waals surface area contributed by atoms with Gasteiger partial charge in [0.2, 0.25) is 17.6 Å². The van der Waals surface area contributed by atoms with Gasteiger partial charge in [0.25, 0.3) is 17.7 Å². The van der Waals surface area contributed by atoms with Gasteiger partial charge in [-0.2, -0.15) is 23.5 Å². The van der Waals surface area contributed by atoms with Crippen molar-refractivity contribution >= 4 is 70.8 Å². The van der Waals surface area contributed by atoms with Gasteiger partial charge in [-0.1, -0.05) is 12.8 Å². The fourth-order valence-electron chi connectivity index (χ4n) is 11.3. The van der Waals surface area contributed by atoms with Gasteiger partial charge in [-0.25, -0.2) is 9.59 Å². The molecule has 0 bridgehead atoms. The summed E-state index contributed by atoms with van der Waals surface area (Å²) in [7, 11) is 0. The third-order valence-electron chi connectivity index (χ3n) is 16.6. The van der Waals surface area contributed by atoms with Crippen molar-refractivity contribution in [3.8, 4) is 54.3 Å². The molecule has 0 radical (unpaired) electrons. The number of nitrogens with one attached hydrogen (secondary N) is 9. The van der Waals surface area contributed by atoms with Crippen LogP contribution in [-0.2, 0) is 38.0 Å². The van der Waals surface area contributed by atoms with E-state index in [1.165, 1.54) is 18.2 Å². The number of hydrogen-bond donors (Lipinski definition) is 9. The molecule has 6 unspecified atom stereocenters. The number of carbonyl (C=O) groups is 7. The summed E-state index contributed by atoms with van der Waals surface area (Å²) in [5.41, 5.74) is 0.633. The number of fused-ring (bicyclic) bond motifs is 2. The molecule has 0 spiro atoms. The highest BCUT2D eigenvalue weighted by molar-refractivity contribution is 8.00. The first kappa shape index (κ1) is 81.8. The molecule has 2 aromatic carbocycles. The maximum atomic E-state index is 14.4. The van der Waals surface area contributed by atoms with Crippen LogP contribution in [0.25, 0.3) is 0 Å². The van der Waals surface area contributed by atoms with E-state index in [0.29, 0.717) is 217 Å². The van der Waals surface area contributed by atoms with E-state index >= 15 is 0 Å². The zero-order valence-corrected chi connectivity index (χ0v) is 59.8. The first-order chi connectivity index (χ1) is 49.0. The summed E-state index contributed by atoms with van der Waals surface area (Å²) in [5, 5.41) is 27.4. The largest absolute Gasteiger partial charge is 0.490 e. The number of amides is 9. The summed E-state index contributed by atoms with van der Waals surface area (Å²) >= 11 is 3.77. The second-order valence-electron chi connectivity index (χ2n) is 24.6. The Balaban J connectivity index is 0.896. The quantitative estimate of drug-likeness (QED) is 0.0178. The van der Waals surface area contributed by atoms with E-state index in [0.717, 1.165) is 69.3 Å². The lowest BCUT2D eigenvalue weighted by atomic mass is 10.0. The number of anilines is 1. The average molecular weight is 1430 g/mol. The molecule has 0 aromatic heterocycles. The molecule has 4 fully saturated rings. The molecule has 100 heavy (non-hydrogen) atoms. The number of terminal acetylenes is 3. The van der Waals surface area contributed by atoms with E-state index in [2.05, 4.69) is 65.6 Å². The van der Waals surface area contributed by atoms with Gasteiger partial charge in [-0.15, -0.1) is 37.0 Å². The van der Waals surface area contributed by atoms with Crippen molar-refractivity contribution in [1.29, 1.82) is 0 Å². The van der Waals surface area contributed by atoms with Crippen LogP contribution >= 0.6 is 23.5 Å². The lowest BCUT2D eigenvalue weighted by Crippen LogP contribution is -2.36. The van der Waals surface area contributed by atoms with Crippen LogP contribution in [0.4, 0.5) is 15.3 Å². The van der Waals surface area contributed by atoms with Crippen molar-refractivity contribution in [2.75, 3.05) is 142 Å². The van der Waals surface area contributed by atoms with Gasteiger partial charge in [0.15, 0.2) is 11.5 Å². The molecule has 4 heterocycles. The molecule has 6 atom stereocenters. The lowest BCUT2D eigenvalue weighted by Gasteiger charge is -2.19. The SMILES string of the molecule is C#CCCCCOc1cc(C(=O)Nc2cc(C(=O)NCCCOCCOCCOCCCNC(=O)CCCCC3SCC4NC(=O)NC43)cc(C(=O)NCCCOCCOCCOCCCNC(=O)CCCCC3SCC4NC(=O)NC43)c2)cc(OCCCCC#C)c1OCCCCC#C. The number of hydrogen-bond acceptors (Lipinski definition) is 18. The standard InChI is InChI=1S/C73H107N9O16S2/c1-4-7-10-17-36-96-60-50-56(51-61(97-37-18-11-8-5-2)68(60)98-38-19-12-9-6-3)71(87)78-57-48-54(69(85)76-30-22-34-92-41-45-94-43-39-90-32-20-28-74-64(83)26-15-13-24-62-66-58(52-99-62)79-72(88)81-66)47-55(49-57)70(86)77-31-23-35-93-42-46-95-44-40-91-33-21-29-75-65(84)27-16-14-25-63-67-59(53-100-63)80-73(89)82-67/h1-3,47-51,58-59,62-63,66-67H,7-46,52-53H2,(H,74,83)(H,75,84)(H,76,85)(H,77,86)(H,78,87)(H2,79,81,88)(H2,80,82,89). The maximum Gasteiger partial charge on any atom is 0.315 e. The van der Waals surface area contributed by atoms with Crippen LogP contribution in [0.15, 0.2) is 30.3 Å². The van der Waals surface area contributed by atoms with E-state index in [1.54, 1.807) is 12.1 Å². The van der Waals surface area contributed by atoms with Crippen LogP contribution in [0.5, 0.6) is 17.2 Å². The average Bonchev–Trinajstić information content (AvgIpc) is 1.42. The Morgan fingerprint density at radius 2 is 0.780 bits per heavy atom. The maximum absolute atomic E-state index is 14.4. The van der Waals surface area contributed by atoms with Crippen LogP contribution in [0.1, 0.15) is 166 Å². The molecule has 25 nitrogen and oxygen atoms in total. The minimum atomic E-state index is -0.566. The number of urea groups is 2. The second-order valence-corrected chi connectivity index (χ2v) is 27.2. The Bertz CT molecular complexity index is 2780. The number of ether oxygens (including phenoxy) is 9. The number of rotatable bonds is 57. The minimum absolute atomic E-state index is 0.0328. The molecule has 2 aromatic rings. The molecule has 27 heteroatoms. The third-order valence-corrected chi connectivity index (χ3v) is 19.6. The van der Waals surface area contributed by atoms with Gasteiger partial charge >= 0.3 is 12.1 Å².